The molecule has 27 heavy (non-hydrogen) atoms. The third kappa shape index (κ3) is 3.96. The summed E-state index contributed by atoms with van der Waals surface area (Å²) in [6, 6.07) is 6.33. The molecule has 0 saturated carbocycles. The van der Waals surface area contributed by atoms with E-state index in [1.165, 1.54) is 6.07 Å². The summed E-state index contributed by atoms with van der Waals surface area (Å²) in [6.45, 7) is -0.126. The number of carbonyl (C=O) groups is 2. The van der Waals surface area contributed by atoms with Gasteiger partial charge in [-0.15, -0.1) is 0 Å². The number of amides is 2. The second-order valence-corrected chi connectivity index (χ2v) is 7.25. The van der Waals surface area contributed by atoms with Crippen molar-refractivity contribution in [2.45, 2.75) is 6.54 Å². The molecule has 2 heterocycles. The van der Waals surface area contributed by atoms with Crippen molar-refractivity contribution < 1.29 is 14.7 Å². The van der Waals surface area contributed by atoms with Gasteiger partial charge in [0, 0.05) is 0 Å². The lowest BCUT2D eigenvalue weighted by Gasteiger charge is -2.12. The Labute approximate surface area is 168 Å². The lowest BCUT2D eigenvalue weighted by molar-refractivity contribution is -0.123. The molecule has 3 rings (SSSR count). The molecule has 0 atom stereocenters. The first kappa shape index (κ1) is 19.3. The molecule has 2 aromatic rings. The van der Waals surface area contributed by atoms with Crippen LogP contribution in [0, 0.1) is 0 Å². The predicted octanol–water partition coefficient (Wildman–Crippen LogP) is 3.20. The molecule has 11 heteroatoms. The molecule has 140 valence electrons. The number of nitrogens with two attached hydrogens (primary N) is 2. The molecular weight excluding hydrogens is 413 g/mol. The van der Waals surface area contributed by atoms with E-state index in [1.54, 1.807) is 24.3 Å². The minimum atomic E-state index is -0.480. The average Bonchev–Trinajstić information content (AvgIpc) is 2.88. The summed E-state index contributed by atoms with van der Waals surface area (Å²) in [5.41, 5.74) is 10.1. The standard InChI is InChI=1S/C16H13Cl2N5O3S/c17-9-5-8(21-14(18)13(9)24)6-23-15(25)12(27-16(23)26)4-7-1-2-10(19)11(3-7)22-20/h1-5,22,24H,6,19-20H2/b12-4-. The van der Waals surface area contributed by atoms with E-state index in [0.717, 1.165) is 16.7 Å². The number of aromatic nitrogens is 1. The largest absolute Gasteiger partial charge is 0.504 e. The van der Waals surface area contributed by atoms with Crippen LogP contribution in [-0.4, -0.2) is 26.1 Å². The lowest BCUT2D eigenvalue weighted by atomic mass is 10.1. The van der Waals surface area contributed by atoms with Crippen LogP contribution in [0.2, 0.25) is 10.2 Å². The first-order valence-corrected chi connectivity index (χ1v) is 9.02. The summed E-state index contributed by atoms with van der Waals surface area (Å²) >= 11 is 12.4. The Bertz CT molecular complexity index is 960. The maximum atomic E-state index is 12.6. The molecule has 1 aromatic carbocycles. The van der Waals surface area contributed by atoms with Crippen LogP contribution in [0.4, 0.5) is 16.2 Å². The van der Waals surface area contributed by atoms with Crippen molar-refractivity contribution in [2.24, 2.45) is 5.84 Å². The average molecular weight is 426 g/mol. The van der Waals surface area contributed by atoms with Gasteiger partial charge in [-0.05, 0) is 41.6 Å². The number of halogens is 2. The van der Waals surface area contributed by atoms with Crippen molar-refractivity contribution in [3.63, 3.8) is 0 Å². The molecule has 0 aliphatic carbocycles. The SMILES string of the molecule is NNc1cc(/C=C2\SC(=O)N(Cc3cc(Cl)c(O)c(Cl)n3)C2=O)ccc1N. The van der Waals surface area contributed by atoms with Crippen molar-refractivity contribution in [3.8, 4) is 5.75 Å². The number of carbonyl (C=O) groups excluding carboxylic acids is 2. The molecular formula is C16H13Cl2N5O3S. The number of thioether (sulfide) groups is 1. The van der Waals surface area contributed by atoms with Gasteiger partial charge >= 0.3 is 0 Å². The van der Waals surface area contributed by atoms with Crippen molar-refractivity contribution in [1.82, 2.24) is 9.88 Å². The highest BCUT2D eigenvalue weighted by Gasteiger charge is 2.35. The summed E-state index contributed by atoms with van der Waals surface area (Å²) in [5, 5.41) is 8.87. The van der Waals surface area contributed by atoms with E-state index >= 15 is 0 Å². The quantitative estimate of drug-likeness (QED) is 0.193. The van der Waals surface area contributed by atoms with Crippen LogP contribution >= 0.6 is 35.0 Å². The molecule has 0 radical (unpaired) electrons. The van der Waals surface area contributed by atoms with Crippen LogP contribution < -0.4 is 17.0 Å². The molecule has 1 aliphatic rings. The maximum Gasteiger partial charge on any atom is 0.293 e. The number of hydrogen-bond acceptors (Lipinski definition) is 8. The zero-order chi connectivity index (χ0) is 19.7. The van der Waals surface area contributed by atoms with E-state index in [0.29, 0.717) is 16.9 Å². The summed E-state index contributed by atoms with van der Waals surface area (Å²) < 4.78 is 0. The molecule has 1 saturated heterocycles. The number of hydrazine groups is 1. The molecule has 6 N–H and O–H groups in total. The van der Waals surface area contributed by atoms with Crippen molar-refractivity contribution in [1.29, 1.82) is 0 Å². The molecule has 8 nitrogen and oxygen atoms in total. The van der Waals surface area contributed by atoms with Gasteiger partial charge in [0.25, 0.3) is 11.1 Å². The smallest absolute Gasteiger partial charge is 0.293 e. The Morgan fingerprint density at radius 3 is 2.70 bits per heavy atom. The highest BCUT2D eigenvalue weighted by Crippen LogP contribution is 2.35. The molecule has 1 aliphatic heterocycles. The van der Waals surface area contributed by atoms with Crippen molar-refractivity contribution in [2.75, 3.05) is 11.2 Å². The minimum absolute atomic E-state index is 0.0174. The monoisotopic (exact) mass is 425 g/mol. The van der Waals surface area contributed by atoms with Gasteiger partial charge in [0.05, 0.1) is 33.5 Å². The number of hydrogen-bond donors (Lipinski definition) is 4. The zero-order valence-electron chi connectivity index (χ0n) is 13.6. The van der Waals surface area contributed by atoms with E-state index in [9.17, 15) is 14.7 Å². The van der Waals surface area contributed by atoms with Gasteiger partial charge in [-0.25, -0.2) is 4.98 Å². The second-order valence-electron chi connectivity index (χ2n) is 5.49. The van der Waals surface area contributed by atoms with E-state index < -0.39 is 11.1 Å². The van der Waals surface area contributed by atoms with E-state index in [1.807, 2.05) is 0 Å². The Kier molecular flexibility index (Phi) is 5.47. The molecule has 2 amide bonds. The van der Waals surface area contributed by atoms with Crippen LogP contribution in [-0.2, 0) is 11.3 Å². The summed E-state index contributed by atoms with van der Waals surface area (Å²) in [7, 11) is 0. The predicted molar refractivity (Wildman–Crippen MR) is 106 cm³/mol. The van der Waals surface area contributed by atoms with Gasteiger partial charge < -0.3 is 16.3 Å². The van der Waals surface area contributed by atoms with Crippen molar-refractivity contribution >= 4 is 63.6 Å². The Hall–Kier alpha value is -2.46. The number of pyridine rings is 1. The summed E-state index contributed by atoms with van der Waals surface area (Å²) in [6.07, 6.45) is 1.56. The topological polar surface area (TPSA) is 135 Å². The first-order valence-electron chi connectivity index (χ1n) is 7.45. The van der Waals surface area contributed by atoms with E-state index in [-0.39, 0.29) is 33.1 Å². The highest BCUT2D eigenvalue weighted by atomic mass is 35.5. The normalized spacial score (nSPS) is 15.7. The molecule has 1 fully saturated rings. The van der Waals surface area contributed by atoms with E-state index in [4.69, 9.17) is 34.8 Å². The maximum absolute atomic E-state index is 12.6. The fraction of sp³-hybridized carbons (Fsp3) is 0.0625. The molecule has 0 bridgehead atoms. The Morgan fingerprint density at radius 1 is 1.30 bits per heavy atom. The van der Waals surface area contributed by atoms with Crippen LogP contribution in [0.1, 0.15) is 11.3 Å². The third-order valence-corrected chi connectivity index (χ3v) is 5.14. The van der Waals surface area contributed by atoms with Gasteiger partial charge in [-0.2, -0.15) is 0 Å². The van der Waals surface area contributed by atoms with Crippen LogP contribution in [0.25, 0.3) is 6.08 Å². The molecule has 1 aromatic heterocycles. The Morgan fingerprint density at radius 2 is 2.04 bits per heavy atom. The summed E-state index contributed by atoms with van der Waals surface area (Å²) in [4.78, 5) is 30.0. The van der Waals surface area contributed by atoms with E-state index in [2.05, 4.69) is 10.4 Å². The highest BCUT2D eigenvalue weighted by molar-refractivity contribution is 8.18. The second kappa shape index (κ2) is 7.65. The van der Waals surface area contributed by atoms with Crippen molar-refractivity contribution in [3.05, 3.63) is 50.6 Å². The number of nitrogens with one attached hydrogen (secondary N) is 1. The number of aromatic hydroxyl groups is 1. The van der Waals surface area contributed by atoms with Gasteiger partial charge in [0.15, 0.2) is 10.9 Å². The lowest BCUT2D eigenvalue weighted by Crippen LogP contribution is -2.28. The third-order valence-electron chi connectivity index (χ3n) is 3.68. The fourth-order valence-corrected chi connectivity index (χ4v) is 3.66. The van der Waals surface area contributed by atoms with Gasteiger partial charge in [0.1, 0.15) is 0 Å². The Balaban J connectivity index is 1.85. The van der Waals surface area contributed by atoms with Crippen LogP contribution in [0.5, 0.6) is 5.75 Å². The summed E-state index contributed by atoms with van der Waals surface area (Å²) in [5.74, 6) is 4.55. The minimum Gasteiger partial charge on any atom is -0.504 e. The number of anilines is 2. The first-order chi connectivity index (χ1) is 12.8. The van der Waals surface area contributed by atoms with Crippen LogP contribution in [0.3, 0.4) is 0 Å². The number of rotatable bonds is 4. The zero-order valence-corrected chi connectivity index (χ0v) is 15.9. The van der Waals surface area contributed by atoms with Gasteiger partial charge in [-0.1, -0.05) is 29.3 Å². The number of nitrogen functional groups attached to an aromatic ring is 2. The molecule has 0 unspecified atom stereocenters. The number of nitrogens with zero attached hydrogens (tertiary/aromatic N) is 2. The number of imide groups is 1. The fourth-order valence-electron chi connectivity index (χ4n) is 2.34. The van der Waals surface area contributed by atoms with Crippen LogP contribution in [0.15, 0.2) is 29.2 Å². The van der Waals surface area contributed by atoms with Gasteiger partial charge in [0.2, 0.25) is 0 Å². The van der Waals surface area contributed by atoms with Gasteiger partial charge in [-0.3, -0.25) is 20.3 Å². The molecule has 0 spiro atoms. The number of benzene rings is 1.